The maximum Gasteiger partial charge on any atom is 0.223 e. The van der Waals surface area contributed by atoms with Gasteiger partial charge in [0.05, 0.1) is 6.61 Å². The van der Waals surface area contributed by atoms with Gasteiger partial charge < -0.3 is 35.8 Å². The van der Waals surface area contributed by atoms with Crippen LogP contribution in [0.4, 0.5) is 5.69 Å². The topological polar surface area (TPSA) is 134 Å². The monoisotopic (exact) mass is 312 g/mol. The minimum Gasteiger partial charge on any atom is -0.463 e. The molecule has 0 unspecified atom stereocenters. The largest absolute Gasteiger partial charge is 0.463 e. The number of nitrogens with two attached hydrogens (primary N) is 1. The molecule has 5 atom stereocenters. The van der Waals surface area contributed by atoms with Gasteiger partial charge in [-0.2, -0.15) is 0 Å². The average Bonchev–Trinajstić information content (AvgIpc) is 2.48. The Kier molecular flexibility index (Phi) is 5.19. The van der Waals surface area contributed by atoms with Crippen molar-refractivity contribution in [2.24, 2.45) is 0 Å². The molecule has 1 aliphatic heterocycles. The fourth-order valence-electron chi connectivity index (χ4n) is 2.25. The molecular weight excluding hydrogens is 292 g/mol. The summed E-state index contributed by atoms with van der Waals surface area (Å²) in [7, 11) is 0. The molecule has 0 radical (unpaired) electrons. The van der Waals surface area contributed by atoms with Crippen molar-refractivity contribution in [3.05, 3.63) is 24.3 Å². The molecule has 1 aromatic rings. The molecular formula is C14H20N2O6. The summed E-state index contributed by atoms with van der Waals surface area (Å²) >= 11 is 0. The van der Waals surface area contributed by atoms with Crippen LogP contribution in [-0.4, -0.2) is 58.5 Å². The Bertz CT molecular complexity index is 509. The number of nitrogens with one attached hydrogen (secondary N) is 1. The van der Waals surface area contributed by atoms with E-state index in [0.29, 0.717) is 11.4 Å². The van der Waals surface area contributed by atoms with Gasteiger partial charge in [-0.3, -0.25) is 4.79 Å². The van der Waals surface area contributed by atoms with E-state index >= 15 is 0 Å². The number of rotatable bonds is 4. The van der Waals surface area contributed by atoms with Crippen molar-refractivity contribution in [1.29, 1.82) is 0 Å². The van der Waals surface area contributed by atoms with Crippen molar-refractivity contribution in [3.8, 4) is 5.75 Å². The summed E-state index contributed by atoms with van der Waals surface area (Å²) in [6.45, 7) is 0.782. The van der Waals surface area contributed by atoms with Gasteiger partial charge in [0.15, 0.2) is 0 Å². The Hall–Kier alpha value is -1.87. The Morgan fingerprint density at radius 1 is 1.32 bits per heavy atom. The van der Waals surface area contributed by atoms with Crippen LogP contribution in [-0.2, 0) is 9.53 Å². The number of amides is 1. The van der Waals surface area contributed by atoms with Crippen LogP contribution in [0.3, 0.4) is 0 Å². The lowest BCUT2D eigenvalue weighted by atomic mass is 9.97. The van der Waals surface area contributed by atoms with E-state index in [2.05, 4.69) is 5.32 Å². The summed E-state index contributed by atoms with van der Waals surface area (Å²) in [6, 6.07) is 5.48. The SMILES string of the molecule is CC(=O)N[C@@H]1[C@@H](Oc2ccc(N)cc2)O[C@H](CO)[C@H](O)[C@@H]1O. The van der Waals surface area contributed by atoms with Crippen molar-refractivity contribution < 1.29 is 29.6 Å². The molecule has 6 N–H and O–H groups in total. The highest BCUT2D eigenvalue weighted by molar-refractivity contribution is 5.73. The Morgan fingerprint density at radius 2 is 1.95 bits per heavy atom. The smallest absolute Gasteiger partial charge is 0.223 e. The van der Waals surface area contributed by atoms with Crippen LogP contribution >= 0.6 is 0 Å². The third-order valence-electron chi connectivity index (χ3n) is 3.38. The van der Waals surface area contributed by atoms with Crippen LogP contribution in [0.5, 0.6) is 5.75 Å². The summed E-state index contributed by atoms with van der Waals surface area (Å²) in [4.78, 5) is 11.3. The first-order valence-electron chi connectivity index (χ1n) is 6.84. The second-order valence-electron chi connectivity index (χ2n) is 5.12. The zero-order chi connectivity index (χ0) is 16.3. The van der Waals surface area contributed by atoms with Gasteiger partial charge in [0.2, 0.25) is 12.2 Å². The molecule has 8 nitrogen and oxygen atoms in total. The number of nitrogen functional groups attached to an aromatic ring is 1. The van der Waals surface area contributed by atoms with Crippen LogP contribution in [0.1, 0.15) is 6.92 Å². The molecule has 1 aliphatic rings. The number of aliphatic hydroxyl groups excluding tert-OH is 3. The minimum atomic E-state index is -1.34. The summed E-state index contributed by atoms with van der Waals surface area (Å²) in [5.41, 5.74) is 6.14. The van der Waals surface area contributed by atoms with Crippen LogP contribution in [0.2, 0.25) is 0 Å². The van der Waals surface area contributed by atoms with Crippen molar-refractivity contribution in [3.63, 3.8) is 0 Å². The Morgan fingerprint density at radius 3 is 2.50 bits per heavy atom. The number of carbonyl (C=O) groups excluding carboxylic acids is 1. The van der Waals surface area contributed by atoms with Crippen molar-refractivity contribution in [2.75, 3.05) is 12.3 Å². The Labute approximate surface area is 127 Å². The third-order valence-corrected chi connectivity index (χ3v) is 3.38. The lowest BCUT2D eigenvalue weighted by Gasteiger charge is -2.42. The third kappa shape index (κ3) is 3.66. The summed E-state index contributed by atoms with van der Waals surface area (Å²) in [6.07, 6.45) is -4.76. The number of aliphatic hydroxyl groups is 3. The highest BCUT2D eigenvalue weighted by Gasteiger charge is 2.46. The van der Waals surface area contributed by atoms with E-state index in [4.69, 9.17) is 15.2 Å². The van der Waals surface area contributed by atoms with Gasteiger partial charge in [0, 0.05) is 12.6 Å². The molecule has 0 bridgehead atoms. The minimum absolute atomic E-state index is 0.409. The quantitative estimate of drug-likeness (QED) is 0.431. The number of ether oxygens (including phenoxy) is 2. The second-order valence-corrected chi connectivity index (χ2v) is 5.12. The highest BCUT2D eigenvalue weighted by Crippen LogP contribution is 2.24. The van der Waals surface area contributed by atoms with Gasteiger partial charge in [-0.15, -0.1) is 0 Å². The van der Waals surface area contributed by atoms with E-state index < -0.39 is 43.2 Å². The zero-order valence-electron chi connectivity index (χ0n) is 12.0. The zero-order valence-corrected chi connectivity index (χ0v) is 12.0. The summed E-state index contributed by atoms with van der Waals surface area (Å²) < 4.78 is 11.0. The average molecular weight is 312 g/mol. The molecule has 2 rings (SSSR count). The lowest BCUT2D eigenvalue weighted by Crippen LogP contribution is -2.65. The second kappa shape index (κ2) is 6.93. The van der Waals surface area contributed by atoms with Crippen molar-refractivity contribution in [1.82, 2.24) is 5.32 Å². The van der Waals surface area contributed by atoms with Gasteiger partial charge in [-0.05, 0) is 24.3 Å². The molecule has 0 saturated carbocycles. The van der Waals surface area contributed by atoms with E-state index in [1.165, 1.54) is 6.92 Å². The number of hydrogen-bond donors (Lipinski definition) is 5. The van der Waals surface area contributed by atoms with Crippen molar-refractivity contribution in [2.45, 2.75) is 37.6 Å². The molecule has 122 valence electrons. The molecule has 1 amide bonds. The fourth-order valence-corrected chi connectivity index (χ4v) is 2.25. The molecule has 0 spiro atoms. The molecule has 8 heteroatoms. The molecule has 1 saturated heterocycles. The molecule has 22 heavy (non-hydrogen) atoms. The van der Waals surface area contributed by atoms with Gasteiger partial charge in [-0.25, -0.2) is 0 Å². The normalized spacial score (nSPS) is 31.5. The van der Waals surface area contributed by atoms with E-state index in [1.54, 1.807) is 24.3 Å². The first kappa shape index (κ1) is 16.5. The standard InChI is InChI=1S/C14H20N2O6/c1-7(18)16-11-13(20)12(19)10(6-17)22-14(11)21-9-4-2-8(15)3-5-9/h2-5,10-14,17,19-20H,6,15H2,1H3,(H,16,18)/t10-,11+,12+,13-,14+/m1/s1. The molecule has 0 aliphatic carbocycles. The predicted octanol–water partition coefficient (Wildman–Crippen LogP) is -1.41. The van der Waals surface area contributed by atoms with Gasteiger partial charge in [0.25, 0.3) is 0 Å². The number of benzene rings is 1. The van der Waals surface area contributed by atoms with Crippen LogP contribution in [0, 0.1) is 0 Å². The van der Waals surface area contributed by atoms with Crippen molar-refractivity contribution >= 4 is 11.6 Å². The molecule has 1 heterocycles. The van der Waals surface area contributed by atoms with Gasteiger partial charge >= 0.3 is 0 Å². The fraction of sp³-hybridized carbons (Fsp3) is 0.500. The summed E-state index contributed by atoms with van der Waals surface area (Å²) in [5.74, 6) is 0.00281. The molecule has 1 aromatic carbocycles. The maximum absolute atomic E-state index is 11.3. The van der Waals surface area contributed by atoms with Crippen LogP contribution in [0.15, 0.2) is 24.3 Å². The van der Waals surface area contributed by atoms with Gasteiger partial charge in [0.1, 0.15) is 30.1 Å². The van der Waals surface area contributed by atoms with Crippen LogP contribution < -0.4 is 15.8 Å². The number of hydrogen-bond acceptors (Lipinski definition) is 7. The first-order valence-corrected chi connectivity index (χ1v) is 6.84. The maximum atomic E-state index is 11.3. The van der Waals surface area contributed by atoms with E-state index in [9.17, 15) is 20.1 Å². The first-order chi connectivity index (χ1) is 10.4. The number of carbonyl (C=O) groups is 1. The Balaban J connectivity index is 2.18. The van der Waals surface area contributed by atoms with Gasteiger partial charge in [-0.1, -0.05) is 0 Å². The number of anilines is 1. The lowest BCUT2D eigenvalue weighted by molar-refractivity contribution is -0.244. The predicted molar refractivity (Wildman–Crippen MR) is 76.8 cm³/mol. The van der Waals surface area contributed by atoms with E-state index in [-0.39, 0.29) is 0 Å². The van der Waals surface area contributed by atoms with E-state index in [0.717, 1.165) is 0 Å². The van der Waals surface area contributed by atoms with Crippen LogP contribution in [0.25, 0.3) is 0 Å². The van der Waals surface area contributed by atoms with E-state index in [1.807, 2.05) is 0 Å². The highest BCUT2D eigenvalue weighted by atomic mass is 16.7. The summed E-state index contributed by atoms with van der Waals surface area (Å²) in [5, 5.41) is 31.7. The molecule has 1 fully saturated rings. The molecule has 0 aromatic heterocycles.